The van der Waals surface area contributed by atoms with Crippen molar-refractivity contribution < 1.29 is 4.79 Å². The van der Waals surface area contributed by atoms with Gasteiger partial charge in [0.1, 0.15) is 6.54 Å². The van der Waals surface area contributed by atoms with Crippen molar-refractivity contribution >= 4 is 11.7 Å². The van der Waals surface area contributed by atoms with Crippen LogP contribution >= 0.6 is 0 Å². The van der Waals surface area contributed by atoms with Gasteiger partial charge in [-0.25, -0.2) is 4.98 Å². The van der Waals surface area contributed by atoms with Crippen molar-refractivity contribution in [3.8, 4) is 0 Å². The van der Waals surface area contributed by atoms with Gasteiger partial charge in [0.25, 0.3) is 5.56 Å². The molecular formula is C15H18N4O2. The number of aromatic nitrogens is 2. The van der Waals surface area contributed by atoms with Gasteiger partial charge in [-0.15, -0.1) is 0 Å². The monoisotopic (exact) mass is 286 g/mol. The lowest BCUT2D eigenvalue weighted by atomic mass is 10.1. The molecule has 1 heterocycles. The number of benzene rings is 1. The van der Waals surface area contributed by atoms with Crippen molar-refractivity contribution in [2.45, 2.75) is 19.9 Å². The van der Waals surface area contributed by atoms with Gasteiger partial charge in [0.15, 0.2) is 5.82 Å². The lowest BCUT2D eigenvalue weighted by Crippen LogP contribution is -2.32. The van der Waals surface area contributed by atoms with Crippen molar-refractivity contribution in [2.75, 3.05) is 11.9 Å². The fraction of sp³-hybridized carbons (Fsp3) is 0.267. The van der Waals surface area contributed by atoms with Gasteiger partial charge in [0, 0.05) is 18.4 Å². The van der Waals surface area contributed by atoms with Crippen LogP contribution in [-0.2, 0) is 17.8 Å². The molecular weight excluding hydrogens is 268 g/mol. The van der Waals surface area contributed by atoms with E-state index in [9.17, 15) is 9.59 Å². The maximum atomic E-state index is 12.2. The summed E-state index contributed by atoms with van der Waals surface area (Å²) >= 11 is 0. The van der Waals surface area contributed by atoms with Crippen LogP contribution in [0.3, 0.4) is 0 Å². The van der Waals surface area contributed by atoms with Gasteiger partial charge < -0.3 is 11.1 Å². The molecule has 6 nitrogen and oxygen atoms in total. The first kappa shape index (κ1) is 14.8. The molecule has 2 aromatic rings. The number of hydrogen-bond donors (Lipinski definition) is 2. The second-order valence-electron chi connectivity index (χ2n) is 4.77. The minimum Gasteiger partial charge on any atom is -0.368 e. The Bertz CT molecular complexity index is 680. The van der Waals surface area contributed by atoms with Crippen LogP contribution in [0.25, 0.3) is 0 Å². The molecule has 0 saturated heterocycles. The third kappa shape index (κ3) is 3.92. The fourth-order valence-electron chi connectivity index (χ4n) is 2.01. The third-order valence-corrected chi connectivity index (χ3v) is 3.12. The molecule has 0 unspecified atom stereocenters. The predicted molar refractivity (Wildman–Crippen MR) is 81.1 cm³/mol. The summed E-state index contributed by atoms with van der Waals surface area (Å²) in [6.45, 7) is 2.16. The van der Waals surface area contributed by atoms with Crippen molar-refractivity contribution in [1.82, 2.24) is 9.55 Å². The Kier molecular flexibility index (Phi) is 4.71. The topological polar surface area (TPSA) is 90.0 Å². The number of carbonyl (C=O) groups is 1. The molecule has 0 atom stereocenters. The lowest BCUT2D eigenvalue weighted by Gasteiger charge is -2.10. The standard InChI is InChI=1S/C15H18N4O2/c1-11-9-18-14(15(21)19(11)10-13(16)20)17-8-7-12-5-3-2-4-6-12/h2-6,9H,7-8,10H2,1H3,(H2,16,20)(H,17,18). The van der Waals surface area contributed by atoms with E-state index < -0.39 is 5.91 Å². The smallest absolute Gasteiger partial charge is 0.293 e. The summed E-state index contributed by atoms with van der Waals surface area (Å²) < 4.78 is 1.32. The third-order valence-electron chi connectivity index (χ3n) is 3.12. The molecule has 1 amide bonds. The first-order valence-corrected chi connectivity index (χ1v) is 6.70. The number of rotatable bonds is 6. The molecule has 0 radical (unpaired) electrons. The Balaban J connectivity index is 2.07. The molecule has 0 aliphatic heterocycles. The zero-order valence-electron chi connectivity index (χ0n) is 11.9. The van der Waals surface area contributed by atoms with Gasteiger partial charge in [0.05, 0.1) is 0 Å². The molecule has 0 fully saturated rings. The molecule has 0 bridgehead atoms. The van der Waals surface area contributed by atoms with Crippen LogP contribution in [0.4, 0.5) is 5.82 Å². The highest BCUT2D eigenvalue weighted by Gasteiger charge is 2.09. The van der Waals surface area contributed by atoms with Crippen LogP contribution in [-0.4, -0.2) is 22.0 Å². The average Bonchev–Trinajstić information content (AvgIpc) is 2.47. The second kappa shape index (κ2) is 6.69. The van der Waals surface area contributed by atoms with Crippen LogP contribution < -0.4 is 16.6 Å². The summed E-state index contributed by atoms with van der Waals surface area (Å²) in [4.78, 5) is 27.3. The molecule has 0 saturated carbocycles. The number of primary amides is 1. The molecule has 3 N–H and O–H groups in total. The number of nitrogens with one attached hydrogen (secondary N) is 1. The van der Waals surface area contributed by atoms with Crippen molar-refractivity contribution in [3.05, 3.63) is 58.1 Å². The summed E-state index contributed by atoms with van der Waals surface area (Å²) in [5, 5.41) is 3.01. The maximum Gasteiger partial charge on any atom is 0.293 e. The quantitative estimate of drug-likeness (QED) is 0.817. The number of aryl methyl sites for hydroxylation is 1. The van der Waals surface area contributed by atoms with E-state index in [0.29, 0.717) is 12.2 Å². The molecule has 2 rings (SSSR count). The Morgan fingerprint density at radius 2 is 2.05 bits per heavy atom. The Labute approximate surface area is 122 Å². The van der Waals surface area contributed by atoms with Gasteiger partial charge >= 0.3 is 0 Å². The van der Waals surface area contributed by atoms with E-state index in [1.165, 1.54) is 10.1 Å². The van der Waals surface area contributed by atoms with Crippen LogP contribution in [0.2, 0.25) is 0 Å². The van der Waals surface area contributed by atoms with E-state index in [0.717, 1.165) is 6.42 Å². The van der Waals surface area contributed by atoms with Crippen LogP contribution in [0.15, 0.2) is 41.3 Å². The molecule has 110 valence electrons. The van der Waals surface area contributed by atoms with Crippen molar-refractivity contribution in [3.63, 3.8) is 0 Å². The minimum absolute atomic E-state index is 0.138. The Morgan fingerprint density at radius 1 is 1.33 bits per heavy atom. The van der Waals surface area contributed by atoms with Gasteiger partial charge in [-0.3, -0.25) is 14.2 Å². The highest BCUT2D eigenvalue weighted by molar-refractivity contribution is 5.73. The molecule has 21 heavy (non-hydrogen) atoms. The summed E-state index contributed by atoms with van der Waals surface area (Å²) in [5.41, 5.74) is 6.60. The number of hydrogen-bond acceptors (Lipinski definition) is 4. The number of nitrogens with zero attached hydrogens (tertiary/aromatic N) is 2. The number of anilines is 1. The first-order chi connectivity index (χ1) is 10.1. The zero-order chi connectivity index (χ0) is 15.2. The van der Waals surface area contributed by atoms with Gasteiger partial charge in [-0.2, -0.15) is 0 Å². The molecule has 6 heteroatoms. The highest BCUT2D eigenvalue weighted by Crippen LogP contribution is 2.02. The largest absolute Gasteiger partial charge is 0.368 e. The van der Waals surface area contributed by atoms with Crippen molar-refractivity contribution in [2.24, 2.45) is 5.73 Å². The molecule has 0 aliphatic rings. The summed E-state index contributed by atoms with van der Waals surface area (Å²) in [7, 11) is 0. The van der Waals surface area contributed by atoms with Crippen LogP contribution in [0.5, 0.6) is 0 Å². The normalized spacial score (nSPS) is 10.3. The number of nitrogens with two attached hydrogens (primary N) is 1. The van der Waals surface area contributed by atoms with E-state index in [1.54, 1.807) is 13.1 Å². The number of amides is 1. The molecule has 1 aromatic heterocycles. The van der Waals surface area contributed by atoms with Crippen LogP contribution in [0.1, 0.15) is 11.3 Å². The van der Waals surface area contributed by atoms with Gasteiger partial charge in [-0.05, 0) is 18.9 Å². The minimum atomic E-state index is -0.554. The lowest BCUT2D eigenvalue weighted by molar-refractivity contribution is -0.118. The first-order valence-electron chi connectivity index (χ1n) is 6.70. The maximum absolute atomic E-state index is 12.2. The van der Waals surface area contributed by atoms with Gasteiger partial charge in [0.2, 0.25) is 5.91 Å². The van der Waals surface area contributed by atoms with E-state index in [-0.39, 0.29) is 17.9 Å². The summed E-state index contributed by atoms with van der Waals surface area (Å²) in [6.07, 6.45) is 2.33. The SMILES string of the molecule is Cc1cnc(NCCc2ccccc2)c(=O)n1CC(N)=O. The van der Waals surface area contributed by atoms with Crippen LogP contribution in [0, 0.1) is 6.92 Å². The number of carbonyl (C=O) groups excluding carboxylic acids is 1. The molecule has 0 spiro atoms. The fourth-order valence-corrected chi connectivity index (χ4v) is 2.01. The Morgan fingerprint density at radius 3 is 2.71 bits per heavy atom. The van der Waals surface area contributed by atoms with Crippen molar-refractivity contribution in [1.29, 1.82) is 0 Å². The predicted octanol–water partition coefficient (Wildman–Crippen LogP) is 0.692. The zero-order valence-corrected chi connectivity index (χ0v) is 11.9. The van der Waals surface area contributed by atoms with E-state index in [2.05, 4.69) is 10.3 Å². The highest BCUT2D eigenvalue weighted by atomic mass is 16.2. The average molecular weight is 286 g/mol. The summed E-state index contributed by atoms with van der Waals surface area (Å²) in [5.74, 6) is -0.320. The molecule has 1 aromatic carbocycles. The molecule has 0 aliphatic carbocycles. The van der Waals surface area contributed by atoms with Gasteiger partial charge in [-0.1, -0.05) is 30.3 Å². The van der Waals surface area contributed by atoms with E-state index in [1.807, 2.05) is 30.3 Å². The summed E-state index contributed by atoms with van der Waals surface area (Å²) in [6, 6.07) is 9.95. The Hall–Kier alpha value is -2.63. The van der Waals surface area contributed by atoms with E-state index in [4.69, 9.17) is 5.73 Å². The van der Waals surface area contributed by atoms with E-state index >= 15 is 0 Å². The second-order valence-corrected chi connectivity index (χ2v) is 4.77.